The summed E-state index contributed by atoms with van der Waals surface area (Å²) < 4.78 is 0. The van der Waals surface area contributed by atoms with Gasteiger partial charge in [0.1, 0.15) is 0 Å². The van der Waals surface area contributed by atoms with Crippen molar-refractivity contribution in [3.05, 3.63) is 21.9 Å². The molecule has 0 N–H and O–H groups in total. The van der Waals surface area contributed by atoms with E-state index in [1.54, 1.807) is 11.3 Å². The van der Waals surface area contributed by atoms with Gasteiger partial charge < -0.3 is 9.80 Å². The maximum absolute atomic E-state index is 12.6. The van der Waals surface area contributed by atoms with Gasteiger partial charge in [-0.25, -0.2) is 0 Å². The van der Waals surface area contributed by atoms with Crippen LogP contribution in [0.4, 0.5) is 0 Å². The van der Waals surface area contributed by atoms with Crippen molar-refractivity contribution >= 4 is 17.2 Å². The first-order valence-electron chi connectivity index (χ1n) is 7.10. The van der Waals surface area contributed by atoms with E-state index in [0.717, 1.165) is 37.2 Å². The number of carbonyl (C=O) groups is 1. The zero-order chi connectivity index (χ0) is 13.8. The SMILES string of the molecule is Cc1ccc(C(=O)N2CCCC[C@@H]2CCN(C)C)s1. The van der Waals surface area contributed by atoms with Crippen molar-refractivity contribution in [3.8, 4) is 0 Å². The van der Waals surface area contributed by atoms with Crippen molar-refractivity contribution in [2.75, 3.05) is 27.2 Å². The van der Waals surface area contributed by atoms with E-state index in [0.29, 0.717) is 6.04 Å². The molecule has 0 saturated carbocycles. The van der Waals surface area contributed by atoms with E-state index in [2.05, 4.69) is 30.8 Å². The van der Waals surface area contributed by atoms with Crippen molar-refractivity contribution in [3.63, 3.8) is 0 Å². The molecule has 1 amide bonds. The molecular weight excluding hydrogens is 256 g/mol. The van der Waals surface area contributed by atoms with Crippen molar-refractivity contribution in [2.45, 2.75) is 38.6 Å². The first-order valence-corrected chi connectivity index (χ1v) is 7.91. The Balaban J connectivity index is 2.04. The van der Waals surface area contributed by atoms with Crippen molar-refractivity contribution < 1.29 is 4.79 Å². The van der Waals surface area contributed by atoms with Crippen LogP contribution in [0.5, 0.6) is 0 Å². The third kappa shape index (κ3) is 3.80. The van der Waals surface area contributed by atoms with Crippen LogP contribution in [-0.4, -0.2) is 48.9 Å². The minimum absolute atomic E-state index is 0.238. The van der Waals surface area contributed by atoms with E-state index in [9.17, 15) is 4.79 Å². The van der Waals surface area contributed by atoms with Crippen LogP contribution in [0.2, 0.25) is 0 Å². The largest absolute Gasteiger partial charge is 0.335 e. The van der Waals surface area contributed by atoms with Gasteiger partial charge in [-0.2, -0.15) is 0 Å². The number of thiophene rings is 1. The molecule has 0 spiro atoms. The van der Waals surface area contributed by atoms with E-state index < -0.39 is 0 Å². The standard InChI is InChI=1S/C15H24N2OS/c1-12-7-8-14(19-12)15(18)17-10-5-4-6-13(17)9-11-16(2)3/h7-8,13H,4-6,9-11H2,1-3H3/t13-/m1/s1. The lowest BCUT2D eigenvalue weighted by Gasteiger charge is -2.36. The molecule has 0 aromatic carbocycles. The molecule has 4 heteroatoms. The lowest BCUT2D eigenvalue weighted by Crippen LogP contribution is -2.44. The summed E-state index contributed by atoms with van der Waals surface area (Å²) in [7, 11) is 4.19. The molecule has 0 unspecified atom stereocenters. The third-order valence-electron chi connectivity index (χ3n) is 3.75. The molecule has 1 aliphatic rings. The molecule has 1 aliphatic heterocycles. The number of nitrogens with zero attached hydrogens (tertiary/aromatic N) is 2. The molecule has 0 aliphatic carbocycles. The van der Waals surface area contributed by atoms with Gasteiger partial charge in [0, 0.05) is 17.5 Å². The highest BCUT2D eigenvalue weighted by Crippen LogP contribution is 2.24. The highest BCUT2D eigenvalue weighted by atomic mass is 32.1. The summed E-state index contributed by atoms with van der Waals surface area (Å²) in [5.74, 6) is 0.238. The second kappa shape index (κ2) is 6.53. The topological polar surface area (TPSA) is 23.6 Å². The fourth-order valence-electron chi connectivity index (χ4n) is 2.67. The van der Waals surface area contributed by atoms with Gasteiger partial charge in [0.25, 0.3) is 5.91 Å². The number of amides is 1. The second-order valence-corrected chi connectivity index (χ2v) is 6.94. The van der Waals surface area contributed by atoms with E-state index in [1.165, 1.54) is 11.3 Å². The Hall–Kier alpha value is -0.870. The fraction of sp³-hybridized carbons (Fsp3) is 0.667. The molecule has 3 nitrogen and oxygen atoms in total. The summed E-state index contributed by atoms with van der Waals surface area (Å²) in [4.78, 5) is 19.0. The summed E-state index contributed by atoms with van der Waals surface area (Å²) in [6.45, 7) is 4.03. The normalized spacial score (nSPS) is 20.0. The van der Waals surface area contributed by atoms with E-state index >= 15 is 0 Å². The van der Waals surface area contributed by atoms with Crippen LogP contribution in [0, 0.1) is 6.92 Å². The van der Waals surface area contributed by atoms with Crippen LogP contribution in [0.3, 0.4) is 0 Å². The van der Waals surface area contributed by atoms with Crippen molar-refractivity contribution in [1.82, 2.24) is 9.80 Å². The molecule has 0 radical (unpaired) electrons. The molecule has 1 aromatic rings. The number of likely N-dealkylation sites (tertiary alicyclic amines) is 1. The van der Waals surface area contributed by atoms with Crippen LogP contribution in [0.1, 0.15) is 40.2 Å². The zero-order valence-electron chi connectivity index (χ0n) is 12.2. The number of hydrogen-bond acceptors (Lipinski definition) is 3. The van der Waals surface area contributed by atoms with Gasteiger partial charge in [0.05, 0.1) is 4.88 Å². The van der Waals surface area contributed by atoms with Gasteiger partial charge in [0.15, 0.2) is 0 Å². The molecule has 1 atom stereocenters. The molecular formula is C15H24N2OS. The lowest BCUT2D eigenvalue weighted by molar-refractivity contribution is 0.0596. The molecule has 2 rings (SSSR count). The van der Waals surface area contributed by atoms with Gasteiger partial charge in [0.2, 0.25) is 0 Å². The Morgan fingerprint density at radius 1 is 1.42 bits per heavy atom. The average molecular weight is 280 g/mol. The van der Waals surface area contributed by atoms with Crippen LogP contribution < -0.4 is 0 Å². The molecule has 106 valence electrons. The van der Waals surface area contributed by atoms with Gasteiger partial charge in [-0.3, -0.25) is 4.79 Å². The smallest absolute Gasteiger partial charge is 0.264 e. The average Bonchev–Trinajstić information content (AvgIpc) is 2.82. The fourth-order valence-corrected chi connectivity index (χ4v) is 3.49. The number of carbonyl (C=O) groups excluding carboxylic acids is 1. The van der Waals surface area contributed by atoms with Gasteiger partial charge in [-0.15, -0.1) is 11.3 Å². The summed E-state index contributed by atoms with van der Waals surface area (Å²) in [6.07, 6.45) is 4.65. The second-order valence-electron chi connectivity index (χ2n) is 5.65. The highest BCUT2D eigenvalue weighted by Gasteiger charge is 2.27. The van der Waals surface area contributed by atoms with Gasteiger partial charge >= 0.3 is 0 Å². The molecule has 0 bridgehead atoms. The van der Waals surface area contributed by atoms with Crippen molar-refractivity contribution in [2.24, 2.45) is 0 Å². The Kier molecular flexibility index (Phi) is 4.99. The van der Waals surface area contributed by atoms with Gasteiger partial charge in [-0.1, -0.05) is 0 Å². The maximum atomic E-state index is 12.6. The minimum Gasteiger partial charge on any atom is -0.335 e. The van der Waals surface area contributed by atoms with Crippen LogP contribution in [-0.2, 0) is 0 Å². The molecule has 1 fully saturated rings. The number of hydrogen-bond donors (Lipinski definition) is 0. The van der Waals surface area contributed by atoms with E-state index in [1.807, 2.05) is 12.1 Å². The van der Waals surface area contributed by atoms with E-state index in [4.69, 9.17) is 0 Å². The van der Waals surface area contributed by atoms with Gasteiger partial charge in [-0.05, 0) is 65.4 Å². The Labute approximate surface area is 120 Å². The number of rotatable bonds is 4. The van der Waals surface area contributed by atoms with Crippen LogP contribution in [0.25, 0.3) is 0 Å². The van der Waals surface area contributed by atoms with E-state index in [-0.39, 0.29) is 5.91 Å². The predicted molar refractivity (Wildman–Crippen MR) is 80.9 cm³/mol. The molecule has 1 aromatic heterocycles. The summed E-state index contributed by atoms with van der Waals surface area (Å²) >= 11 is 1.61. The predicted octanol–water partition coefficient (Wildman–Crippen LogP) is 3.00. The molecule has 2 heterocycles. The molecule has 1 saturated heterocycles. The number of piperidine rings is 1. The molecule has 19 heavy (non-hydrogen) atoms. The summed E-state index contributed by atoms with van der Waals surface area (Å²) in [6, 6.07) is 4.43. The Morgan fingerprint density at radius 2 is 2.21 bits per heavy atom. The van der Waals surface area contributed by atoms with Crippen LogP contribution >= 0.6 is 11.3 Å². The quantitative estimate of drug-likeness (QED) is 0.846. The first-order chi connectivity index (χ1) is 9.08. The number of aryl methyl sites for hydroxylation is 1. The van der Waals surface area contributed by atoms with Crippen molar-refractivity contribution in [1.29, 1.82) is 0 Å². The Morgan fingerprint density at radius 3 is 2.84 bits per heavy atom. The first kappa shape index (κ1) is 14.5. The summed E-state index contributed by atoms with van der Waals surface area (Å²) in [5.41, 5.74) is 0. The highest BCUT2D eigenvalue weighted by molar-refractivity contribution is 7.13. The monoisotopic (exact) mass is 280 g/mol. The zero-order valence-corrected chi connectivity index (χ0v) is 13.0. The Bertz CT molecular complexity index is 428. The minimum atomic E-state index is 0.238. The maximum Gasteiger partial charge on any atom is 0.264 e. The lowest BCUT2D eigenvalue weighted by atomic mass is 9.99. The summed E-state index contributed by atoms with van der Waals surface area (Å²) in [5, 5.41) is 0. The van der Waals surface area contributed by atoms with Crippen LogP contribution in [0.15, 0.2) is 12.1 Å². The third-order valence-corrected chi connectivity index (χ3v) is 4.74.